The van der Waals surface area contributed by atoms with Crippen molar-refractivity contribution < 1.29 is 0 Å². The number of aromatic nitrogens is 1. The Labute approximate surface area is 103 Å². The van der Waals surface area contributed by atoms with Crippen molar-refractivity contribution in [1.29, 1.82) is 0 Å². The molecule has 2 nitrogen and oxygen atoms in total. The van der Waals surface area contributed by atoms with Crippen LogP contribution >= 0.6 is 0 Å². The van der Waals surface area contributed by atoms with Crippen molar-refractivity contribution in [3.8, 4) is 11.3 Å². The summed E-state index contributed by atoms with van der Waals surface area (Å²) in [6.45, 7) is 4.14. The number of nitrogens with zero attached hydrogens (tertiary/aromatic N) is 2. The van der Waals surface area contributed by atoms with Crippen LogP contribution in [-0.4, -0.2) is 19.1 Å². The zero-order valence-corrected chi connectivity index (χ0v) is 10.9. The van der Waals surface area contributed by atoms with Crippen LogP contribution in [0.15, 0.2) is 36.4 Å². The smallest absolute Gasteiger partial charge is 0.0707 e. The molecule has 0 spiro atoms. The molecule has 0 aliphatic rings. The molecular weight excluding hydrogens is 208 g/mol. The summed E-state index contributed by atoms with van der Waals surface area (Å²) in [5.74, 6) is 0. The lowest BCUT2D eigenvalue weighted by Gasteiger charge is -2.12. The quantitative estimate of drug-likeness (QED) is 0.780. The third-order valence-corrected chi connectivity index (χ3v) is 2.78. The SMILES string of the molecule is Cc1cc(C)nc(-c2ccc(N(C)C)cc2)c1. The topological polar surface area (TPSA) is 16.1 Å². The predicted octanol–water partition coefficient (Wildman–Crippen LogP) is 3.43. The molecule has 1 heterocycles. The maximum Gasteiger partial charge on any atom is 0.0707 e. The highest BCUT2D eigenvalue weighted by Crippen LogP contribution is 2.22. The highest BCUT2D eigenvalue weighted by atomic mass is 15.1. The molecule has 0 bridgehead atoms. The molecule has 17 heavy (non-hydrogen) atoms. The predicted molar refractivity (Wildman–Crippen MR) is 73.5 cm³/mol. The number of benzene rings is 1. The van der Waals surface area contributed by atoms with Gasteiger partial charge in [0, 0.05) is 31.0 Å². The van der Waals surface area contributed by atoms with Crippen LogP contribution in [0.1, 0.15) is 11.3 Å². The Kier molecular flexibility index (Phi) is 3.14. The number of hydrogen-bond donors (Lipinski definition) is 0. The molecule has 0 radical (unpaired) electrons. The van der Waals surface area contributed by atoms with Crippen molar-refractivity contribution >= 4 is 5.69 Å². The molecule has 0 unspecified atom stereocenters. The van der Waals surface area contributed by atoms with E-state index >= 15 is 0 Å². The number of hydrogen-bond acceptors (Lipinski definition) is 2. The number of rotatable bonds is 2. The molecule has 0 amide bonds. The number of aryl methyl sites for hydroxylation is 2. The van der Waals surface area contributed by atoms with Crippen LogP contribution in [0, 0.1) is 13.8 Å². The van der Waals surface area contributed by atoms with Gasteiger partial charge >= 0.3 is 0 Å². The van der Waals surface area contributed by atoms with Gasteiger partial charge in [-0.05, 0) is 43.7 Å². The molecular formula is C15H18N2. The molecule has 1 aromatic heterocycles. The molecule has 0 atom stereocenters. The van der Waals surface area contributed by atoms with Crippen molar-refractivity contribution in [1.82, 2.24) is 4.98 Å². The van der Waals surface area contributed by atoms with E-state index in [0.717, 1.165) is 11.4 Å². The lowest BCUT2D eigenvalue weighted by atomic mass is 10.1. The molecule has 0 aliphatic carbocycles. The molecule has 88 valence electrons. The van der Waals surface area contributed by atoms with Gasteiger partial charge in [-0.1, -0.05) is 12.1 Å². The maximum absolute atomic E-state index is 4.57. The standard InChI is InChI=1S/C15H18N2/c1-11-9-12(2)16-15(10-11)13-5-7-14(8-6-13)17(3)4/h5-10H,1-4H3. The molecule has 0 aliphatic heterocycles. The Morgan fingerprint density at radius 3 is 2.12 bits per heavy atom. The Morgan fingerprint density at radius 1 is 0.941 bits per heavy atom. The summed E-state index contributed by atoms with van der Waals surface area (Å²) in [4.78, 5) is 6.66. The second-order valence-electron chi connectivity index (χ2n) is 4.61. The molecule has 0 fully saturated rings. The minimum absolute atomic E-state index is 1.05. The van der Waals surface area contributed by atoms with E-state index in [2.05, 4.69) is 53.2 Å². The fourth-order valence-electron chi connectivity index (χ4n) is 1.92. The second kappa shape index (κ2) is 4.58. The molecule has 0 saturated heterocycles. The summed E-state index contributed by atoms with van der Waals surface area (Å²) in [7, 11) is 4.09. The van der Waals surface area contributed by atoms with Gasteiger partial charge in [-0.15, -0.1) is 0 Å². The molecule has 2 heteroatoms. The van der Waals surface area contributed by atoms with Gasteiger partial charge in [0.2, 0.25) is 0 Å². The number of anilines is 1. The van der Waals surface area contributed by atoms with E-state index < -0.39 is 0 Å². The van der Waals surface area contributed by atoms with Crippen LogP contribution in [0.3, 0.4) is 0 Å². The van der Waals surface area contributed by atoms with Crippen molar-refractivity contribution in [2.45, 2.75) is 13.8 Å². The fourth-order valence-corrected chi connectivity index (χ4v) is 1.92. The summed E-state index contributed by atoms with van der Waals surface area (Å²) in [6.07, 6.45) is 0. The first-order valence-electron chi connectivity index (χ1n) is 5.79. The van der Waals surface area contributed by atoms with Crippen molar-refractivity contribution in [2.75, 3.05) is 19.0 Å². The third kappa shape index (κ3) is 2.64. The van der Waals surface area contributed by atoms with Crippen LogP contribution in [0.25, 0.3) is 11.3 Å². The largest absolute Gasteiger partial charge is 0.378 e. The first kappa shape index (κ1) is 11.6. The van der Waals surface area contributed by atoms with E-state index in [-0.39, 0.29) is 0 Å². The average Bonchev–Trinajstić information content (AvgIpc) is 2.28. The lowest BCUT2D eigenvalue weighted by Crippen LogP contribution is -2.07. The molecule has 0 N–H and O–H groups in total. The van der Waals surface area contributed by atoms with Crippen molar-refractivity contribution in [2.24, 2.45) is 0 Å². The van der Waals surface area contributed by atoms with Gasteiger partial charge in [0.25, 0.3) is 0 Å². The van der Waals surface area contributed by atoms with Crippen LogP contribution in [-0.2, 0) is 0 Å². The van der Waals surface area contributed by atoms with Gasteiger partial charge in [-0.25, -0.2) is 0 Å². The molecule has 0 saturated carbocycles. The first-order chi connectivity index (χ1) is 8.06. The van der Waals surface area contributed by atoms with Gasteiger partial charge < -0.3 is 4.90 Å². The Morgan fingerprint density at radius 2 is 1.59 bits per heavy atom. The van der Waals surface area contributed by atoms with E-state index in [9.17, 15) is 0 Å². The Hall–Kier alpha value is -1.83. The molecule has 2 rings (SSSR count). The summed E-state index contributed by atoms with van der Waals surface area (Å²) in [5, 5.41) is 0. The summed E-state index contributed by atoms with van der Waals surface area (Å²) in [5.41, 5.74) is 5.74. The van der Waals surface area contributed by atoms with Gasteiger partial charge in [-0.3, -0.25) is 4.98 Å². The minimum Gasteiger partial charge on any atom is -0.378 e. The summed E-state index contributed by atoms with van der Waals surface area (Å²) < 4.78 is 0. The second-order valence-corrected chi connectivity index (χ2v) is 4.61. The van der Waals surface area contributed by atoms with Gasteiger partial charge in [0.1, 0.15) is 0 Å². The van der Waals surface area contributed by atoms with Crippen LogP contribution in [0.5, 0.6) is 0 Å². The van der Waals surface area contributed by atoms with Crippen LogP contribution < -0.4 is 4.90 Å². The number of pyridine rings is 1. The van der Waals surface area contributed by atoms with Crippen molar-refractivity contribution in [3.63, 3.8) is 0 Å². The highest BCUT2D eigenvalue weighted by molar-refractivity contribution is 5.63. The van der Waals surface area contributed by atoms with Gasteiger partial charge in [0.15, 0.2) is 0 Å². The fraction of sp³-hybridized carbons (Fsp3) is 0.267. The van der Waals surface area contributed by atoms with Gasteiger partial charge in [-0.2, -0.15) is 0 Å². The molecule has 1 aromatic carbocycles. The maximum atomic E-state index is 4.57. The Bertz CT molecular complexity index is 493. The molecule has 2 aromatic rings. The monoisotopic (exact) mass is 226 g/mol. The van der Waals surface area contributed by atoms with Crippen LogP contribution in [0.2, 0.25) is 0 Å². The first-order valence-corrected chi connectivity index (χ1v) is 5.79. The summed E-state index contributed by atoms with van der Waals surface area (Å²) >= 11 is 0. The lowest BCUT2D eigenvalue weighted by molar-refractivity contribution is 1.13. The van der Waals surface area contributed by atoms with E-state index in [4.69, 9.17) is 0 Å². The minimum atomic E-state index is 1.05. The van der Waals surface area contributed by atoms with E-state index in [1.807, 2.05) is 21.0 Å². The third-order valence-electron chi connectivity index (χ3n) is 2.78. The highest BCUT2D eigenvalue weighted by Gasteiger charge is 2.02. The normalized spacial score (nSPS) is 10.4. The summed E-state index contributed by atoms with van der Waals surface area (Å²) in [6, 6.07) is 12.7. The van der Waals surface area contributed by atoms with E-state index in [1.165, 1.54) is 16.8 Å². The van der Waals surface area contributed by atoms with Crippen molar-refractivity contribution in [3.05, 3.63) is 47.7 Å². The average molecular weight is 226 g/mol. The zero-order valence-electron chi connectivity index (χ0n) is 10.9. The zero-order chi connectivity index (χ0) is 12.4. The Balaban J connectivity index is 2.39. The van der Waals surface area contributed by atoms with E-state index in [1.54, 1.807) is 0 Å². The van der Waals surface area contributed by atoms with Gasteiger partial charge in [0.05, 0.1) is 5.69 Å². The van der Waals surface area contributed by atoms with Crippen LogP contribution in [0.4, 0.5) is 5.69 Å². The van der Waals surface area contributed by atoms with E-state index in [0.29, 0.717) is 0 Å².